The minimum atomic E-state index is -0.842. The van der Waals surface area contributed by atoms with E-state index >= 15 is 0 Å². The van der Waals surface area contributed by atoms with Gasteiger partial charge < -0.3 is 24.3 Å². The van der Waals surface area contributed by atoms with Crippen LogP contribution >= 0.6 is 0 Å². The molecule has 1 aliphatic rings. The Labute approximate surface area is 195 Å². The fraction of sp³-hybridized carbons (Fsp3) is 0.462. The van der Waals surface area contributed by atoms with E-state index in [4.69, 9.17) is 18.9 Å². The molecular formula is C26H33NO6. The van der Waals surface area contributed by atoms with E-state index in [1.165, 1.54) is 12.7 Å². The van der Waals surface area contributed by atoms with Gasteiger partial charge in [-0.1, -0.05) is 42.5 Å². The molecule has 0 radical (unpaired) electrons. The fourth-order valence-electron chi connectivity index (χ4n) is 3.46. The number of ether oxygens (including phenoxy) is 4. The van der Waals surface area contributed by atoms with Gasteiger partial charge in [-0.05, 0) is 44.0 Å². The topological polar surface area (TPSA) is 83.1 Å². The van der Waals surface area contributed by atoms with Crippen LogP contribution in [0.1, 0.15) is 44.7 Å². The van der Waals surface area contributed by atoms with Crippen molar-refractivity contribution < 1.29 is 28.5 Å². The number of esters is 1. The van der Waals surface area contributed by atoms with Crippen LogP contribution in [0.15, 0.2) is 54.6 Å². The van der Waals surface area contributed by atoms with Gasteiger partial charge in [-0.3, -0.25) is 0 Å². The van der Waals surface area contributed by atoms with Crippen molar-refractivity contribution in [3.05, 3.63) is 65.7 Å². The second kappa shape index (κ2) is 11.2. The molecule has 33 heavy (non-hydrogen) atoms. The van der Waals surface area contributed by atoms with Gasteiger partial charge in [0.05, 0.1) is 19.8 Å². The minimum Gasteiger partial charge on any atom is -0.490 e. The minimum absolute atomic E-state index is 0.133. The molecule has 2 aromatic carbocycles. The summed E-state index contributed by atoms with van der Waals surface area (Å²) in [5, 5.41) is 2.59. The van der Waals surface area contributed by atoms with Crippen LogP contribution in [0.2, 0.25) is 0 Å². The molecule has 1 amide bonds. The number of methoxy groups -OCH3 is 1. The van der Waals surface area contributed by atoms with Crippen LogP contribution in [-0.4, -0.2) is 43.0 Å². The van der Waals surface area contributed by atoms with Gasteiger partial charge in [0, 0.05) is 19.3 Å². The first-order valence-electron chi connectivity index (χ1n) is 11.2. The Kier molecular flexibility index (Phi) is 8.33. The van der Waals surface area contributed by atoms with Crippen molar-refractivity contribution in [1.82, 2.24) is 5.32 Å². The standard InChI is InChI=1S/C26H33NO6/c1-26(2,3)33-25(29)27-23(24(28)30-4)14-18-10-12-20(13-11-18)32-22-15-21(16-22)31-17-19-8-6-5-7-9-19/h5-13,21-23H,14-17H2,1-4H3,(H,27,29)/t21?,22?,23-/m0/s1. The highest BCUT2D eigenvalue weighted by Crippen LogP contribution is 2.29. The van der Waals surface area contributed by atoms with Crippen molar-refractivity contribution in [3.63, 3.8) is 0 Å². The normalized spacial score (nSPS) is 18.5. The van der Waals surface area contributed by atoms with Gasteiger partial charge in [-0.25, -0.2) is 9.59 Å². The number of alkyl carbamates (subject to hydrolysis) is 1. The zero-order chi connectivity index (χ0) is 23.8. The molecule has 1 N–H and O–H groups in total. The molecule has 1 fully saturated rings. The number of hydrogen-bond donors (Lipinski definition) is 1. The van der Waals surface area contributed by atoms with Crippen molar-refractivity contribution in [2.75, 3.05) is 7.11 Å². The summed E-state index contributed by atoms with van der Waals surface area (Å²) >= 11 is 0. The van der Waals surface area contributed by atoms with E-state index in [9.17, 15) is 9.59 Å². The van der Waals surface area contributed by atoms with Crippen molar-refractivity contribution in [2.45, 2.75) is 70.5 Å². The lowest BCUT2D eigenvalue weighted by Crippen LogP contribution is -2.45. The number of benzene rings is 2. The summed E-state index contributed by atoms with van der Waals surface area (Å²) in [5.74, 6) is 0.233. The van der Waals surface area contributed by atoms with Crippen LogP contribution in [0.5, 0.6) is 5.75 Å². The molecule has 1 aliphatic carbocycles. The Morgan fingerprint density at radius 3 is 2.24 bits per heavy atom. The molecule has 2 aromatic rings. The predicted molar refractivity (Wildman–Crippen MR) is 124 cm³/mol. The molecule has 178 valence electrons. The summed E-state index contributed by atoms with van der Waals surface area (Å²) in [7, 11) is 1.29. The molecule has 7 heteroatoms. The molecule has 3 rings (SSSR count). The Morgan fingerprint density at radius 1 is 0.970 bits per heavy atom. The maximum absolute atomic E-state index is 12.1. The zero-order valence-corrected chi connectivity index (χ0v) is 19.7. The number of nitrogens with one attached hydrogen (secondary N) is 1. The Hall–Kier alpha value is -3.06. The lowest BCUT2D eigenvalue weighted by atomic mass is 9.92. The van der Waals surface area contributed by atoms with Crippen molar-refractivity contribution in [2.24, 2.45) is 0 Å². The molecule has 0 saturated heterocycles. The quantitative estimate of drug-likeness (QED) is 0.564. The molecule has 1 atom stereocenters. The molecule has 0 aromatic heterocycles. The number of amides is 1. The summed E-state index contributed by atoms with van der Waals surface area (Å²) in [6, 6.07) is 16.8. The second-order valence-corrected chi connectivity index (χ2v) is 9.20. The van der Waals surface area contributed by atoms with E-state index in [1.807, 2.05) is 42.5 Å². The largest absolute Gasteiger partial charge is 0.490 e. The summed E-state index contributed by atoms with van der Waals surface area (Å²) in [6.45, 7) is 5.90. The summed E-state index contributed by atoms with van der Waals surface area (Å²) in [5.41, 5.74) is 1.38. The van der Waals surface area contributed by atoms with Crippen LogP contribution < -0.4 is 10.1 Å². The average Bonchev–Trinajstić information content (AvgIpc) is 2.74. The third-order valence-corrected chi connectivity index (χ3v) is 5.22. The van der Waals surface area contributed by atoms with Crippen LogP contribution in [0.3, 0.4) is 0 Å². The highest BCUT2D eigenvalue weighted by atomic mass is 16.6. The number of carbonyl (C=O) groups is 2. The molecule has 7 nitrogen and oxygen atoms in total. The van der Waals surface area contributed by atoms with E-state index in [0.717, 1.165) is 24.2 Å². The number of hydrogen-bond acceptors (Lipinski definition) is 6. The predicted octanol–water partition coefficient (Wildman–Crippen LogP) is 4.42. The summed E-state index contributed by atoms with van der Waals surface area (Å²) in [4.78, 5) is 24.2. The maximum atomic E-state index is 12.1. The van der Waals surface area contributed by atoms with Gasteiger partial charge >= 0.3 is 12.1 Å². The smallest absolute Gasteiger partial charge is 0.408 e. The average molecular weight is 456 g/mol. The molecule has 0 aliphatic heterocycles. The van der Waals surface area contributed by atoms with Crippen molar-refractivity contribution >= 4 is 12.1 Å². The Morgan fingerprint density at radius 2 is 1.64 bits per heavy atom. The number of carbonyl (C=O) groups excluding carboxylic acids is 2. The van der Waals surface area contributed by atoms with E-state index in [-0.39, 0.29) is 18.6 Å². The third-order valence-electron chi connectivity index (χ3n) is 5.22. The van der Waals surface area contributed by atoms with E-state index in [1.54, 1.807) is 20.8 Å². The number of rotatable bonds is 9. The van der Waals surface area contributed by atoms with E-state index in [0.29, 0.717) is 6.61 Å². The highest BCUT2D eigenvalue weighted by Gasteiger charge is 2.32. The molecule has 0 spiro atoms. The van der Waals surface area contributed by atoms with Crippen LogP contribution in [0, 0.1) is 0 Å². The van der Waals surface area contributed by atoms with Gasteiger partial charge in [0.15, 0.2) is 0 Å². The first-order valence-corrected chi connectivity index (χ1v) is 11.2. The molecular weight excluding hydrogens is 422 g/mol. The molecule has 0 unspecified atom stereocenters. The Bertz CT molecular complexity index is 901. The Balaban J connectivity index is 1.45. The van der Waals surface area contributed by atoms with Gasteiger partial charge in [0.25, 0.3) is 0 Å². The van der Waals surface area contributed by atoms with E-state index in [2.05, 4.69) is 17.4 Å². The zero-order valence-electron chi connectivity index (χ0n) is 19.7. The fourth-order valence-corrected chi connectivity index (χ4v) is 3.46. The van der Waals surface area contributed by atoms with Gasteiger partial charge in [0.2, 0.25) is 0 Å². The van der Waals surface area contributed by atoms with Crippen molar-refractivity contribution in [1.29, 1.82) is 0 Å². The molecule has 1 saturated carbocycles. The van der Waals surface area contributed by atoms with Crippen LogP contribution in [0.25, 0.3) is 0 Å². The van der Waals surface area contributed by atoms with Gasteiger partial charge in [0.1, 0.15) is 23.5 Å². The first-order chi connectivity index (χ1) is 15.7. The monoisotopic (exact) mass is 455 g/mol. The lowest BCUT2D eigenvalue weighted by molar-refractivity contribution is -0.143. The van der Waals surface area contributed by atoms with Crippen LogP contribution in [0.4, 0.5) is 4.79 Å². The van der Waals surface area contributed by atoms with Gasteiger partial charge in [-0.15, -0.1) is 0 Å². The van der Waals surface area contributed by atoms with Crippen molar-refractivity contribution in [3.8, 4) is 5.75 Å². The highest BCUT2D eigenvalue weighted by molar-refractivity contribution is 5.81. The maximum Gasteiger partial charge on any atom is 0.408 e. The second-order valence-electron chi connectivity index (χ2n) is 9.20. The summed E-state index contributed by atoms with van der Waals surface area (Å²) < 4.78 is 22.0. The van der Waals surface area contributed by atoms with Gasteiger partial charge in [-0.2, -0.15) is 0 Å². The third kappa shape index (κ3) is 8.09. The molecule has 0 bridgehead atoms. The van der Waals surface area contributed by atoms with E-state index < -0.39 is 23.7 Å². The SMILES string of the molecule is COC(=O)[C@H](Cc1ccc(OC2CC(OCc3ccccc3)C2)cc1)NC(=O)OC(C)(C)C. The van der Waals surface area contributed by atoms with Crippen LogP contribution in [-0.2, 0) is 32.0 Å². The lowest BCUT2D eigenvalue weighted by Gasteiger charge is -2.35. The first kappa shape index (κ1) is 24.6. The molecule has 0 heterocycles. The summed E-state index contributed by atoms with van der Waals surface area (Å²) in [6.07, 6.45) is 1.69.